The summed E-state index contributed by atoms with van der Waals surface area (Å²) in [4.78, 5) is 43.3. The average molecular weight is 599 g/mol. The molecule has 3 saturated heterocycles. The highest BCUT2D eigenvalue weighted by molar-refractivity contribution is 9.09. The molecule has 0 radical (unpaired) electrons. The third kappa shape index (κ3) is 4.58. The van der Waals surface area contributed by atoms with Gasteiger partial charge in [-0.05, 0) is 42.9 Å². The van der Waals surface area contributed by atoms with Crippen molar-refractivity contribution >= 4 is 39.3 Å². The Kier molecular flexibility index (Phi) is 7.61. The van der Waals surface area contributed by atoms with E-state index in [1.165, 1.54) is 4.90 Å². The molecule has 5 rings (SSSR count). The van der Waals surface area contributed by atoms with E-state index in [2.05, 4.69) is 26.6 Å². The first-order chi connectivity index (χ1) is 18.6. The Morgan fingerprint density at radius 3 is 2.38 bits per heavy atom. The minimum absolute atomic E-state index is 0.119. The summed E-state index contributed by atoms with van der Waals surface area (Å²) >= 11 is 3.71. The number of benzene rings is 2. The molecule has 8 nitrogen and oxygen atoms in total. The highest BCUT2D eigenvalue weighted by Gasteiger charge is 2.77. The average Bonchev–Trinajstić information content (AvgIpc) is 3.49. The number of aliphatic hydroxyl groups is 1. The quantitative estimate of drug-likeness (QED) is 0.405. The molecule has 3 unspecified atom stereocenters. The normalized spacial score (nSPS) is 30.0. The van der Waals surface area contributed by atoms with Gasteiger partial charge in [0.25, 0.3) is 0 Å². The largest absolute Gasteiger partial charge is 0.394 e. The number of nitrogens with one attached hydrogen (secondary N) is 2. The summed E-state index contributed by atoms with van der Waals surface area (Å²) in [5, 5.41) is 16.4. The van der Waals surface area contributed by atoms with Crippen molar-refractivity contribution in [3.63, 3.8) is 0 Å². The number of carbonyl (C=O) groups excluding carboxylic acids is 3. The molecule has 0 aliphatic carbocycles. The number of amides is 3. The first-order valence-corrected chi connectivity index (χ1v) is 14.5. The molecule has 39 heavy (non-hydrogen) atoms. The van der Waals surface area contributed by atoms with E-state index in [0.717, 1.165) is 16.7 Å². The third-order valence-corrected chi connectivity index (χ3v) is 9.48. The van der Waals surface area contributed by atoms with Crippen LogP contribution in [-0.2, 0) is 25.7 Å². The van der Waals surface area contributed by atoms with Gasteiger partial charge >= 0.3 is 0 Å². The van der Waals surface area contributed by atoms with Crippen LogP contribution in [0.3, 0.4) is 0 Å². The molecule has 3 N–H and O–H groups in total. The van der Waals surface area contributed by atoms with Gasteiger partial charge in [0, 0.05) is 17.1 Å². The number of anilines is 1. The molecule has 2 aromatic carbocycles. The van der Waals surface area contributed by atoms with Crippen LogP contribution >= 0.6 is 15.9 Å². The number of aryl methyl sites for hydroxylation is 2. The van der Waals surface area contributed by atoms with Gasteiger partial charge in [0.2, 0.25) is 17.7 Å². The lowest BCUT2D eigenvalue weighted by molar-refractivity contribution is -0.145. The van der Waals surface area contributed by atoms with Crippen LogP contribution in [0.1, 0.15) is 37.0 Å². The van der Waals surface area contributed by atoms with E-state index in [1.54, 1.807) is 0 Å². The molecule has 3 fully saturated rings. The van der Waals surface area contributed by atoms with E-state index >= 15 is 0 Å². The summed E-state index contributed by atoms with van der Waals surface area (Å²) in [5.74, 6) is -2.65. The van der Waals surface area contributed by atoms with Crippen molar-refractivity contribution < 1.29 is 24.2 Å². The molecule has 2 bridgehead atoms. The number of para-hydroxylation sites is 1. The number of hydrogen-bond acceptors (Lipinski definition) is 5. The molecule has 9 heteroatoms. The van der Waals surface area contributed by atoms with E-state index in [4.69, 9.17) is 4.74 Å². The second kappa shape index (κ2) is 10.7. The molecule has 0 aromatic heterocycles. The number of halogens is 1. The van der Waals surface area contributed by atoms with Gasteiger partial charge in [-0.3, -0.25) is 14.4 Å². The molecule has 3 amide bonds. The zero-order valence-electron chi connectivity index (χ0n) is 22.7. The topological polar surface area (TPSA) is 108 Å². The van der Waals surface area contributed by atoms with Crippen molar-refractivity contribution in [3.05, 3.63) is 65.2 Å². The summed E-state index contributed by atoms with van der Waals surface area (Å²) < 4.78 is 6.58. The van der Waals surface area contributed by atoms with E-state index in [0.29, 0.717) is 18.7 Å². The number of likely N-dealkylation sites (tertiary alicyclic amines) is 1. The van der Waals surface area contributed by atoms with Crippen LogP contribution in [0.2, 0.25) is 0 Å². The number of nitrogens with zero attached hydrogens (tertiary/aromatic N) is 1. The number of rotatable bonds is 8. The number of hydrogen-bond donors (Lipinski definition) is 3. The zero-order chi connectivity index (χ0) is 28.1. The smallest absolute Gasteiger partial charge is 0.250 e. The summed E-state index contributed by atoms with van der Waals surface area (Å²) in [5.41, 5.74) is 2.27. The van der Waals surface area contributed by atoms with Gasteiger partial charge in [-0.2, -0.15) is 0 Å². The van der Waals surface area contributed by atoms with E-state index in [-0.39, 0.29) is 35.1 Å². The van der Waals surface area contributed by atoms with E-state index in [9.17, 15) is 19.5 Å². The van der Waals surface area contributed by atoms with Gasteiger partial charge < -0.3 is 25.4 Å². The van der Waals surface area contributed by atoms with Crippen LogP contribution in [0.4, 0.5) is 5.69 Å². The fraction of sp³-hybridized carbons (Fsp3) is 0.500. The monoisotopic (exact) mass is 597 g/mol. The summed E-state index contributed by atoms with van der Waals surface area (Å²) in [6.45, 7) is 7.70. The Balaban J connectivity index is 1.52. The molecule has 0 saturated carbocycles. The number of carbonyl (C=O) groups is 3. The van der Waals surface area contributed by atoms with Crippen LogP contribution in [0.15, 0.2) is 48.5 Å². The Labute approximate surface area is 237 Å². The first kappa shape index (κ1) is 27.8. The summed E-state index contributed by atoms with van der Waals surface area (Å²) in [6.07, 6.45) is -0.132. The van der Waals surface area contributed by atoms with Crippen molar-refractivity contribution in [2.75, 3.05) is 11.9 Å². The van der Waals surface area contributed by atoms with Crippen molar-refractivity contribution in [1.82, 2.24) is 10.2 Å². The Morgan fingerprint density at radius 2 is 1.77 bits per heavy atom. The van der Waals surface area contributed by atoms with Crippen LogP contribution in [-0.4, -0.2) is 63.0 Å². The molecule has 3 aliphatic rings. The molecule has 3 heterocycles. The Morgan fingerprint density at radius 1 is 1.10 bits per heavy atom. The maximum atomic E-state index is 14.2. The van der Waals surface area contributed by atoms with E-state index < -0.39 is 35.6 Å². The maximum absolute atomic E-state index is 14.2. The van der Waals surface area contributed by atoms with Crippen LogP contribution in [0.5, 0.6) is 0 Å². The first-order valence-electron chi connectivity index (χ1n) is 13.5. The maximum Gasteiger partial charge on any atom is 0.250 e. The Bertz CT molecular complexity index is 1250. The lowest BCUT2D eigenvalue weighted by atomic mass is 9.70. The van der Waals surface area contributed by atoms with Gasteiger partial charge in [0.15, 0.2) is 0 Å². The molecular weight excluding hydrogens is 562 g/mol. The molecule has 7 atom stereocenters. The van der Waals surface area contributed by atoms with Crippen LogP contribution in [0, 0.1) is 31.6 Å². The molecular formula is C30H36BrN3O5. The predicted molar refractivity (Wildman–Crippen MR) is 151 cm³/mol. The van der Waals surface area contributed by atoms with Gasteiger partial charge in [-0.25, -0.2) is 0 Å². The van der Waals surface area contributed by atoms with E-state index in [1.807, 2.05) is 76.2 Å². The van der Waals surface area contributed by atoms with Crippen molar-refractivity contribution in [3.8, 4) is 0 Å². The van der Waals surface area contributed by atoms with Crippen LogP contribution < -0.4 is 10.6 Å². The number of ether oxygens (including phenoxy) is 1. The zero-order valence-corrected chi connectivity index (χ0v) is 24.3. The highest BCUT2D eigenvalue weighted by atomic mass is 79.9. The fourth-order valence-electron chi connectivity index (χ4n) is 6.75. The summed E-state index contributed by atoms with van der Waals surface area (Å²) in [6, 6.07) is 13.8. The summed E-state index contributed by atoms with van der Waals surface area (Å²) in [7, 11) is 0. The molecule has 3 aliphatic heterocycles. The number of alkyl halides is 1. The highest BCUT2D eigenvalue weighted by Crippen LogP contribution is 2.60. The standard InChI is InChI=1S/C30H36BrN3O5/c1-16(2)21(15-35)34-26(28(37)33-24-17(3)9-8-10-18(24)4)30-13-20(31)25(39-30)22(23(30)29(34)38)27(36)32-14-19-11-6-5-7-12-19/h5-12,16,20-23,25-26,35H,13-15H2,1-4H3,(H,32,36)(H,33,37)/t20?,21-,22+,23-,25+,26?,30?/m0/s1. The third-order valence-electron chi connectivity index (χ3n) is 8.63. The van der Waals surface area contributed by atoms with Crippen molar-refractivity contribution in [2.45, 2.75) is 69.3 Å². The van der Waals surface area contributed by atoms with Gasteiger partial charge in [-0.15, -0.1) is 0 Å². The second-order valence-corrected chi connectivity index (χ2v) is 12.5. The number of fused-ring (bicyclic) bond motifs is 1. The minimum atomic E-state index is -1.19. The molecule has 208 valence electrons. The lowest BCUT2D eigenvalue weighted by Gasteiger charge is -2.38. The van der Waals surface area contributed by atoms with Crippen LogP contribution in [0.25, 0.3) is 0 Å². The fourth-order valence-corrected chi connectivity index (χ4v) is 7.69. The number of aliphatic hydroxyl groups excluding tert-OH is 1. The molecule has 2 aromatic rings. The lowest BCUT2D eigenvalue weighted by Crippen LogP contribution is -2.57. The van der Waals surface area contributed by atoms with Gasteiger partial charge in [0.05, 0.1) is 30.6 Å². The van der Waals surface area contributed by atoms with Gasteiger partial charge in [0.1, 0.15) is 11.6 Å². The van der Waals surface area contributed by atoms with Crippen molar-refractivity contribution in [2.24, 2.45) is 17.8 Å². The SMILES string of the molecule is Cc1cccc(C)c1NC(=O)C1N([C@@H](CO)C(C)C)C(=O)[C@@H]2[C@@H](C(=O)NCc3ccccc3)[C@@H]3OC12CC3Br. The minimum Gasteiger partial charge on any atom is -0.394 e. The Hall–Kier alpha value is -2.75. The second-order valence-electron chi connectivity index (χ2n) is 11.4. The molecule has 1 spiro atoms. The van der Waals surface area contributed by atoms with Crippen molar-refractivity contribution in [1.29, 1.82) is 0 Å². The van der Waals surface area contributed by atoms with Gasteiger partial charge in [-0.1, -0.05) is 78.3 Å². The predicted octanol–water partition coefficient (Wildman–Crippen LogP) is 3.32.